The van der Waals surface area contributed by atoms with Crippen LogP contribution in [0.4, 0.5) is 10.1 Å². The molecule has 0 aromatic carbocycles. The number of anilines is 1. The van der Waals surface area contributed by atoms with Crippen molar-refractivity contribution in [3.63, 3.8) is 0 Å². The largest absolute Gasteiger partial charge is 0.393 e. The monoisotopic (exact) mass is 196 g/mol. The molecule has 0 bridgehead atoms. The molecule has 0 spiro atoms. The zero-order valence-corrected chi connectivity index (χ0v) is 7.78. The van der Waals surface area contributed by atoms with Gasteiger partial charge in [-0.2, -0.15) is 0 Å². The molecule has 1 aliphatic rings. The highest BCUT2D eigenvalue weighted by Crippen LogP contribution is 2.27. The predicted molar refractivity (Wildman–Crippen MR) is 51.4 cm³/mol. The van der Waals surface area contributed by atoms with Gasteiger partial charge in [-0.1, -0.05) is 0 Å². The van der Waals surface area contributed by atoms with Gasteiger partial charge in [-0.15, -0.1) is 0 Å². The Morgan fingerprint density at radius 1 is 1.57 bits per heavy atom. The summed E-state index contributed by atoms with van der Waals surface area (Å²) < 4.78 is 13.1. The molecule has 2 N–H and O–H groups in total. The first-order valence-electron chi connectivity index (χ1n) is 4.77. The van der Waals surface area contributed by atoms with Crippen LogP contribution >= 0.6 is 0 Å². The topological polar surface area (TPSA) is 45.1 Å². The van der Waals surface area contributed by atoms with Gasteiger partial charge in [0.2, 0.25) is 0 Å². The molecule has 1 aliphatic carbocycles. The van der Waals surface area contributed by atoms with E-state index in [9.17, 15) is 4.39 Å². The second-order valence-electron chi connectivity index (χ2n) is 3.73. The summed E-state index contributed by atoms with van der Waals surface area (Å²) in [6.45, 7) is 0.720. The highest BCUT2D eigenvalue weighted by molar-refractivity contribution is 5.42. The number of aliphatic hydroxyl groups is 1. The van der Waals surface area contributed by atoms with Crippen molar-refractivity contribution < 1.29 is 9.50 Å². The Morgan fingerprint density at radius 3 is 3.00 bits per heavy atom. The maximum Gasteiger partial charge on any atom is 0.164 e. The summed E-state index contributed by atoms with van der Waals surface area (Å²) in [6, 6.07) is 1.62. The van der Waals surface area contributed by atoms with Crippen molar-refractivity contribution in [2.24, 2.45) is 5.92 Å². The Labute approximate surface area is 82.0 Å². The van der Waals surface area contributed by atoms with Crippen molar-refractivity contribution in [2.45, 2.75) is 18.9 Å². The van der Waals surface area contributed by atoms with Crippen LogP contribution in [0.5, 0.6) is 0 Å². The van der Waals surface area contributed by atoms with Crippen molar-refractivity contribution in [3.05, 3.63) is 24.3 Å². The van der Waals surface area contributed by atoms with Gasteiger partial charge in [0.25, 0.3) is 0 Å². The number of halogens is 1. The molecule has 3 nitrogen and oxygen atoms in total. The van der Waals surface area contributed by atoms with Gasteiger partial charge in [0.1, 0.15) is 0 Å². The minimum atomic E-state index is -0.327. The standard InChI is InChI=1S/C10H13FN2O/c11-9-6-12-2-1-10(9)13-5-7-3-8(14)4-7/h1-2,6-8,14H,3-5H2,(H,12,13). The Balaban J connectivity index is 1.83. The van der Waals surface area contributed by atoms with Crippen molar-refractivity contribution in [3.8, 4) is 0 Å². The van der Waals surface area contributed by atoms with E-state index in [4.69, 9.17) is 5.11 Å². The summed E-state index contributed by atoms with van der Waals surface area (Å²) in [5.41, 5.74) is 0.487. The highest BCUT2D eigenvalue weighted by Gasteiger charge is 2.26. The van der Waals surface area contributed by atoms with Gasteiger partial charge in [0, 0.05) is 12.7 Å². The van der Waals surface area contributed by atoms with E-state index in [-0.39, 0.29) is 11.9 Å². The molecule has 0 aliphatic heterocycles. The van der Waals surface area contributed by atoms with E-state index in [0.717, 1.165) is 19.4 Å². The Bertz CT molecular complexity index is 313. The fraction of sp³-hybridized carbons (Fsp3) is 0.500. The summed E-state index contributed by atoms with van der Waals surface area (Å²) in [5.74, 6) is 0.143. The fourth-order valence-electron chi connectivity index (χ4n) is 1.64. The van der Waals surface area contributed by atoms with E-state index >= 15 is 0 Å². The van der Waals surface area contributed by atoms with Gasteiger partial charge in [0.05, 0.1) is 18.0 Å². The minimum Gasteiger partial charge on any atom is -0.393 e. The zero-order chi connectivity index (χ0) is 9.97. The molecular weight excluding hydrogens is 183 g/mol. The first-order valence-corrected chi connectivity index (χ1v) is 4.77. The number of rotatable bonds is 3. The van der Waals surface area contributed by atoms with Gasteiger partial charge in [-0.3, -0.25) is 4.98 Å². The van der Waals surface area contributed by atoms with E-state index in [0.29, 0.717) is 11.6 Å². The molecule has 1 aromatic heterocycles. The van der Waals surface area contributed by atoms with Crippen molar-refractivity contribution >= 4 is 5.69 Å². The number of nitrogens with one attached hydrogen (secondary N) is 1. The summed E-state index contributed by atoms with van der Waals surface area (Å²) in [6.07, 6.45) is 4.24. The predicted octanol–water partition coefficient (Wildman–Crippen LogP) is 1.40. The third kappa shape index (κ3) is 2.01. The van der Waals surface area contributed by atoms with E-state index in [1.807, 2.05) is 0 Å². The number of aromatic nitrogens is 1. The maximum atomic E-state index is 13.1. The molecule has 0 radical (unpaired) electrons. The van der Waals surface area contributed by atoms with Crippen LogP contribution in [0, 0.1) is 11.7 Å². The van der Waals surface area contributed by atoms with Gasteiger partial charge in [-0.25, -0.2) is 4.39 Å². The molecule has 1 saturated carbocycles. The highest BCUT2D eigenvalue weighted by atomic mass is 19.1. The summed E-state index contributed by atoms with van der Waals surface area (Å²) in [4.78, 5) is 3.66. The molecular formula is C10H13FN2O. The number of hydrogen-bond donors (Lipinski definition) is 2. The first-order chi connectivity index (χ1) is 6.75. The third-order valence-electron chi connectivity index (χ3n) is 2.56. The van der Waals surface area contributed by atoms with Crippen LogP contribution in [-0.4, -0.2) is 22.7 Å². The second-order valence-corrected chi connectivity index (χ2v) is 3.73. The summed E-state index contributed by atoms with van der Waals surface area (Å²) >= 11 is 0. The van der Waals surface area contributed by atoms with Crippen LogP contribution in [0.15, 0.2) is 18.5 Å². The van der Waals surface area contributed by atoms with Crippen LogP contribution in [0.3, 0.4) is 0 Å². The summed E-state index contributed by atoms with van der Waals surface area (Å²) in [5, 5.41) is 12.1. The quantitative estimate of drug-likeness (QED) is 0.768. The lowest BCUT2D eigenvalue weighted by Gasteiger charge is -2.31. The zero-order valence-electron chi connectivity index (χ0n) is 7.78. The van der Waals surface area contributed by atoms with Crippen LogP contribution in [0.2, 0.25) is 0 Å². The lowest BCUT2D eigenvalue weighted by Crippen LogP contribution is -2.33. The Kier molecular flexibility index (Phi) is 2.63. The lowest BCUT2D eigenvalue weighted by atomic mass is 9.82. The van der Waals surface area contributed by atoms with Gasteiger partial charge >= 0.3 is 0 Å². The van der Waals surface area contributed by atoms with Gasteiger partial charge < -0.3 is 10.4 Å². The smallest absolute Gasteiger partial charge is 0.164 e. The maximum absolute atomic E-state index is 13.1. The van der Waals surface area contributed by atoms with E-state index in [1.165, 1.54) is 6.20 Å². The molecule has 0 unspecified atom stereocenters. The third-order valence-corrected chi connectivity index (χ3v) is 2.56. The normalized spacial score (nSPS) is 25.6. The molecule has 76 valence electrons. The molecule has 1 heterocycles. The van der Waals surface area contributed by atoms with E-state index in [2.05, 4.69) is 10.3 Å². The average Bonchev–Trinajstić information content (AvgIpc) is 2.13. The van der Waals surface area contributed by atoms with Crippen LogP contribution in [-0.2, 0) is 0 Å². The SMILES string of the molecule is OC1CC(CNc2ccncc2F)C1. The van der Waals surface area contributed by atoms with Crippen LogP contribution in [0.1, 0.15) is 12.8 Å². The number of pyridine rings is 1. The first kappa shape index (κ1) is 9.40. The molecule has 4 heteroatoms. The number of hydrogen-bond acceptors (Lipinski definition) is 3. The van der Waals surface area contributed by atoms with Gasteiger partial charge in [-0.05, 0) is 24.8 Å². The lowest BCUT2D eigenvalue weighted by molar-refractivity contribution is 0.0486. The van der Waals surface area contributed by atoms with Gasteiger partial charge in [0.15, 0.2) is 5.82 Å². The Morgan fingerprint density at radius 2 is 2.36 bits per heavy atom. The molecule has 0 amide bonds. The van der Waals surface area contributed by atoms with Crippen LogP contribution in [0.25, 0.3) is 0 Å². The molecule has 0 atom stereocenters. The van der Waals surface area contributed by atoms with E-state index in [1.54, 1.807) is 12.3 Å². The Hall–Kier alpha value is -1.16. The van der Waals surface area contributed by atoms with Crippen molar-refractivity contribution in [2.75, 3.05) is 11.9 Å². The molecule has 1 fully saturated rings. The second kappa shape index (κ2) is 3.92. The van der Waals surface area contributed by atoms with Crippen molar-refractivity contribution in [1.82, 2.24) is 4.98 Å². The summed E-state index contributed by atoms with van der Waals surface area (Å²) in [7, 11) is 0. The fourth-order valence-corrected chi connectivity index (χ4v) is 1.64. The molecule has 1 aromatic rings. The molecule has 2 rings (SSSR count). The average molecular weight is 196 g/mol. The van der Waals surface area contributed by atoms with E-state index < -0.39 is 0 Å². The number of aliphatic hydroxyl groups excluding tert-OH is 1. The van der Waals surface area contributed by atoms with Crippen molar-refractivity contribution in [1.29, 1.82) is 0 Å². The molecule has 0 saturated heterocycles. The van der Waals surface area contributed by atoms with Crippen LogP contribution < -0.4 is 5.32 Å². The molecule has 14 heavy (non-hydrogen) atoms. The number of nitrogens with zero attached hydrogens (tertiary/aromatic N) is 1. The minimum absolute atomic E-state index is 0.149.